The van der Waals surface area contributed by atoms with E-state index in [9.17, 15) is 0 Å². The molecule has 2 atom stereocenters. The van der Waals surface area contributed by atoms with Crippen LogP contribution in [0.3, 0.4) is 0 Å². The van der Waals surface area contributed by atoms with Gasteiger partial charge in [0.2, 0.25) is 0 Å². The summed E-state index contributed by atoms with van der Waals surface area (Å²) in [6.45, 7) is 9.23. The summed E-state index contributed by atoms with van der Waals surface area (Å²) >= 11 is 0. The number of hydrogen-bond acceptors (Lipinski definition) is 2. The van der Waals surface area contributed by atoms with Gasteiger partial charge in [-0.2, -0.15) is 0 Å². The maximum absolute atomic E-state index is 3.80. The van der Waals surface area contributed by atoms with Crippen molar-refractivity contribution < 1.29 is 0 Å². The van der Waals surface area contributed by atoms with E-state index in [1.807, 2.05) is 0 Å². The second-order valence-electron chi connectivity index (χ2n) is 6.97. The lowest BCUT2D eigenvalue weighted by atomic mass is 9.90. The molecule has 0 aromatic heterocycles. The van der Waals surface area contributed by atoms with Crippen molar-refractivity contribution in [2.45, 2.75) is 58.0 Å². The Morgan fingerprint density at radius 1 is 1.25 bits per heavy atom. The first-order valence-corrected chi connectivity index (χ1v) is 8.23. The molecule has 2 nitrogen and oxygen atoms in total. The van der Waals surface area contributed by atoms with Crippen LogP contribution in [0, 0.1) is 5.92 Å². The van der Waals surface area contributed by atoms with E-state index in [1.54, 1.807) is 0 Å². The highest BCUT2D eigenvalue weighted by molar-refractivity contribution is 5.50. The molecule has 1 aromatic rings. The van der Waals surface area contributed by atoms with E-state index in [2.05, 4.69) is 55.3 Å². The van der Waals surface area contributed by atoms with Gasteiger partial charge in [-0.15, -0.1) is 0 Å². The minimum Gasteiger partial charge on any atom is -0.366 e. The highest BCUT2D eigenvalue weighted by Gasteiger charge is 2.45. The number of nitrogens with one attached hydrogen (secondary N) is 1. The summed E-state index contributed by atoms with van der Waals surface area (Å²) < 4.78 is 0. The average Bonchev–Trinajstić information content (AvgIpc) is 3.28. The molecule has 2 fully saturated rings. The summed E-state index contributed by atoms with van der Waals surface area (Å²) in [7, 11) is 0. The van der Waals surface area contributed by atoms with Crippen molar-refractivity contribution in [2.75, 3.05) is 18.0 Å². The van der Waals surface area contributed by atoms with Gasteiger partial charge in [-0.05, 0) is 56.7 Å². The first-order chi connectivity index (χ1) is 9.62. The van der Waals surface area contributed by atoms with Crippen molar-refractivity contribution >= 4 is 5.69 Å². The van der Waals surface area contributed by atoms with E-state index in [1.165, 1.54) is 36.9 Å². The van der Waals surface area contributed by atoms with Gasteiger partial charge in [0.05, 0.1) is 0 Å². The van der Waals surface area contributed by atoms with Gasteiger partial charge < -0.3 is 10.2 Å². The number of hydrogen-bond donors (Lipinski definition) is 1. The van der Waals surface area contributed by atoms with E-state index in [0.29, 0.717) is 11.6 Å². The molecular formula is C18H28N2. The Morgan fingerprint density at radius 3 is 2.55 bits per heavy atom. The second-order valence-corrected chi connectivity index (χ2v) is 6.97. The van der Waals surface area contributed by atoms with Crippen LogP contribution in [-0.2, 0) is 6.42 Å². The van der Waals surface area contributed by atoms with E-state index >= 15 is 0 Å². The molecule has 20 heavy (non-hydrogen) atoms. The minimum absolute atomic E-state index is 0.314. The van der Waals surface area contributed by atoms with Gasteiger partial charge >= 0.3 is 0 Å². The summed E-state index contributed by atoms with van der Waals surface area (Å²) in [5.74, 6) is 0.886. The van der Waals surface area contributed by atoms with Crippen molar-refractivity contribution in [3.63, 3.8) is 0 Å². The van der Waals surface area contributed by atoms with Crippen LogP contribution in [0.5, 0.6) is 0 Å². The van der Waals surface area contributed by atoms with Crippen LogP contribution in [0.4, 0.5) is 5.69 Å². The van der Waals surface area contributed by atoms with Gasteiger partial charge in [0.15, 0.2) is 0 Å². The molecule has 1 aliphatic carbocycles. The molecule has 1 saturated heterocycles. The molecule has 1 N–H and O–H groups in total. The number of aryl methyl sites for hydroxylation is 1. The normalized spacial score (nSPS) is 30.6. The molecule has 0 spiro atoms. The van der Waals surface area contributed by atoms with Gasteiger partial charge in [-0.25, -0.2) is 0 Å². The lowest BCUT2D eigenvalue weighted by molar-refractivity contribution is 0.261. The monoisotopic (exact) mass is 272 g/mol. The van der Waals surface area contributed by atoms with Crippen LogP contribution in [0.25, 0.3) is 0 Å². The Balaban J connectivity index is 1.76. The lowest BCUT2D eigenvalue weighted by Gasteiger charge is -2.47. The van der Waals surface area contributed by atoms with Gasteiger partial charge in [0.1, 0.15) is 0 Å². The Hall–Kier alpha value is -1.02. The number of nitrogens with zero attached hydrogens (tertiary/aromatic N) is 1. The summed E-state index contributed by atoms with van der Waals surface area (Å²) in [6.07, 6.45) is 5.22. The zero-order valence-corrected chi connectivity index (χ0v) is 13.2. The molecule has 2 heteroatoms. The molecule has 1 saturated carbocycles. The maximum Gasteiger partial charge on any atom is 0.0387 e. The first-order valence-electron chi connectivity index (χ1n) is 8.23. The minimum atomic E-state index is 0.314. The van der Waals surface area contributed by atoms with Crippen LogP contribution < -0.4 is 10.2 Å². The number of benzene rings is 1. The Morgan fingerprint density at radius 2 is 1.95 bits per heavy atom. The highest BCUT2D eigenvalue weighted by Crippen LogP contribution is 2.42. The number of anilines is 1. The van der Waals surface area contributed by atoms with Crippen molar-refractivity contribution in [2.24, 2.45) is 5.92 Å². The van der Waals surface area contributed by atoms with E-state index < -0.39 is 0 Å². The molecule has 110 valence electrons. The third kappa shape index (κ3) is 2.71. The number of rotatable bonds is 4. The molecule has 1 heterocycles. The first kappa shape index (κ1) is 13.9. The molecule has 1 aliphatic heterocycles. The van der Waals surface area contributed by atoms with Gasteiger partial charge in [0.25, 0.3) is 0 Å². The van der Waals surface area contributed by atoms with E-state index in [-0.39, 0.29) is 0 Å². The molecular weight excluding hydrogens is 244 g/mol. The van der Waals surface area contributed by atoms with Crippen LogP contribution in [-0.4, -0.2) is 24.7 Å². The fourth-order valence-corrected chi connectivity index (χ4v) is 3.54. The fourth-order valence-electron chi connectivity index (χ4n) is 3.54. The van der Waals surface area contributed by atoms with Crippen molar-refractivity contribution in [1.82, 2.24) is 5.32 Å². The molecule has 0 radical (unpaired) electrons. The Bertz CT molecular complexity index is 449. The Labute approximate surface area is 123 Å². The largest absolute Gasteiger partial charge is 0.366 e. The molecule has 2 aliphatic rings. The second kappa shape index (κ2) is 5.40. The lowest BCUT2D eigenvalue weighted by Crippen LogP contribution is -2.63. The van der Waals surface area contributed by atoms with Crippen LogP contribution >= 0.6 is 0 Å². The van der Waals surface area contributed by atoms with Crippen LogP contribution in [0.1, 0.15) is 45.6 Å². The van der Waals surface area contributed by atoms with Gasteiger partial charge in [0, 0.05) is 30.4 Å². The third-order valence-corrected chi connectivity index (χ3v) is 5.12. The van der Waals surface area contributed by atoms with Crippen LogP contribution in [0.2, 0.25) is 0 Å². The van der Waals surface area contributed by atoms with Crippen LogP contribution in [0.15, 0.2) is 24.3 Å². The third-order valence-electron chi connectivity index (χ3n) is 5.12. The van der Waals surface area contributed by atoms with Gasteiger partial charge in [-0.3, -0.25) is 0 Å². The topological polar surface area (TPSA) is 15.3 Å². The molecule has 0 amide bonds. The summed E-state index contributed by atoms with van der Waals surface area (Å²) in [5.41, 5.74) is 3.17. The molecule has 0 bridgehead atoms. The standard InChI is InChI=1S/C18H28N2/c1-4-5-15-6-10-17(11-7-15)20-13-18(3,16-8-9-16)19-12-14(20)2/h6-7,10-11,14,16,19H,4-5,8-9,12-13H2,1-3H3. The predicted octanol–water partition coefficient (Wildman–Crippen LogP) is 3.61. The molecule has 2 unspecified atom stereocenters. The van der Waals surface area contributed by atoms with E-state index in [0.717, 1.165) is 19.0 Å². The van der Waals surface area contributed by atoms with Gasteiger partial charge in [-0.1, -0.05) is 25.5 Å². The summed E-state index contributed by atoms with van der Waals surface area (Å²) in [4.78, 5) is 2.60. The highest BCUT2D eigenvalue weighted by atomic mass is 15.3. The van der Waals surface area contributed by atoms with Crippen molar-refractivity contribution in [3.05, 3.63) is 29.8 Å². The molecule has 1 aromatic carbocycles. The predicted molar refractivity (Wildman–Crippen MR) is 86.4 cm³/mol. The van der Waals surface area contributed by atoms with E-state index in [4.69, 9.17) is 0 Å². The number of piperazine rings is 1. The summed E-state index contributed by atoms with van der Waals surface area (Å²) in [6, 6.07) is 9.84. The smallest absolute Gasteiger partial charge is 0.0387 e. The van der Waals surface area contributed by atoms with Crippen molar-refractivity contribution in [3.8, 4) is 0 Å². The summed E-state index contributed by atoms with van der Waals surface area (Å²) in [5, 5.41) is 3.80. The van der Waals surface area contributed by atoms with Crippen molar-refractivity contribution in [1.29, 1.82) is 0 Å². The quantitative estimate of drug-likeness (QED) is 0.901. The zero-order chi connectivity index (χ0) is 14.2. The SMILES string of the molecule is CCCc1ccc(N2CC(C)(C3CC3)NCC2C)cc1. The Kier molecular flexibility index (Phi) is 3.76. The maximum atomic E-state index is 3.80. The average molecular weight is 272 g/mol. The molecule has 3 rings (SSSR count). The zero-order valence-electron chi connectivity index (χ0n) is 13.2. The fraction of sp³-hybridized carbons (Fsp3) is 0.667.